The molecule has 86 valence electrons. The number of aryl methyl sites for hydroxylation is 1. The Bertz CT molecular complexity index is 478. The first kappa shape index (κ1) is 11.1. The molecule has 16 heavy (non-hydrogen) atoms. The number of aliphatic hydroxyl groups excluding tert-OH is 1. The molecular formula is C12H17N3O. The Kier molecular flexibility index (Phi) is 3.22. The number of aromatic nitrogens is 2. The van der Waals surface area contributed by atoms with Gasteiger partial charge in [-0.3, -0.25) is 4.68 Å². The van der Waals surface area contributed by atoms with Crippen LogP contribution in [-0.2, 0) is 13.0 Å². The molecule has 0 saturated carbocycles. The lowest BCUT2D eigenvalue weighted by atomic mass is 10.1. The van der Waals surface area contributed by atoms with Crippen molar-refractivity contribution in [3.8, 4) is 0 Å². The maximum absolute atomic E-state index is 8.97. The van der Waals surface area contributed by atoms with E-state index in [4.69, 9.17) is 10.8 Å². The van der Waals surface area contributed by atoms with Crippen molar-refractivity contribution >= 4 is 10.9 Å². The summed E-state index contributed by atoms with van der Waals surface area (Å²) in [5.41, 5.74) is 7.85. The predicted octanol–water partition coefficient (Wildman–Crippen LogP) is 0.918. The second-order valence-corrected chi connectivity index (χ2v) is 3.93. The molecule has 1 aromatic heterocycles. The molecule has 1 heterocycles. The smallest absolute Gasteiger partial charge is 0.0719 e. The fourth-order valence-corrected chi connectivity index (χ4v) is 1.90. The molecule has 1 unspecified atom stereocenters. The average molecular weight is 219 g/mol. The molecule has 0 aliphatic rings. The first-order chi connectivity index (χ1) is 7.76. The standard InChI is InChI=1S/C12H17N3O/c1-2-15-12-6-4-3-5-10(12)11(14-15)7-9(13)8-16/h3-6,9,16H,2,7-8,13H2,1H3. The average Bonchev–Trinajstić information content (AvgIpc) is 2.68. The Morgan fingerprint density at radius 3 is 2.88 bits per heavy atom. The van der Waals surface area contributed by atoms with E-state index in [1.165, 1.54) is 0 Å². The van der Waals surface area contributed by atoms with Crippen LogP contribution in [0.4, 0.5) is 0 Å². The minimum absolute atomic E-state index is 0.00664. The van der Waals surface area contributed by atoms with Gasteiger partial charge in [0.15, 0.2) is 0 Å². The van der Waals surface area contributed by atoms with Gasteiger partial charge < -0.3 is 10.8 Å². The van der Waals surface area contributed by atoms with Crippen molar-refractivity contribution in [2.75, 3.05) is 6.61 Å². The largest absolute Gasteiger partial charge is 0.395 e. The van der Waals surface area contributed by atoms with Crippen molar-refractivity contribution in [2.45, 2.75) is 25.9 Å². The Balaban J connectivity index is 2.45. The lowest BCUT2D eigenvalue weighted by molar-refractivity contribution is 0.264. The first-order valence-electron chi connectivity index (χ1n) is 5.57. The Hall–Kier alpha value is -1.39. The van der Waals surface area contributed by atoms with E-state index >= 15 is 0 Å². The number of aliphatic hydroxyl groups is 1. The van der Waals surface area contributed by atoms with Gasteiger partial charge in [-0.15, -0.1) is 0 Å². The monoisotopic (exact) mass is 219 g/mol. The van der Waals surface area contributed by atoms with E-state index in [-0.39, 0.29) is 12.6 Å². The number of hydrogen-bond acceptors (Lipinski definition) is 3. The highest BCUT2D eigenvalue weighted by atomic mass is 16.3. The molecule has 4 nitrogen and oxygen atoms in total. The van der Waals surface area contributed by atoms with Crippen molar-refractivity contribution in [3.63, 3.8) is 0 Å². The van der Waals surface area contributed by atoms with Crippen molar-refractivity contribution in [1.82, 2.24) is 9.78 Å². The highest BCUT2D eigenvalue weighted by Crippen LogP contribution is 2.19. The van der Waals surface area contributed by atoms with Crippen molar-refractivity contribution in [1.29, 1.82) is 0 Å². The minimum atomic E-state index is -0.233. The molecule has 3 N–H and O–H groups in total. The molecule has 1 atom stereocenters. The van der Waals surface area contributed by atoms with Crippen LogP contribution in [0, 0.1) is 0 Å². The van der Waals surface area contributed by atoms with Crippen LogP contribution in [0.25, 0.3) is 10.9 Å². The maximum Gasteiger partial charge on any atom is 0.0719 e. The van der Waals surface area contributed by atoms with Crippen LogP contribution < -0.4 is 5.73 Å². The molecular weight excluding hydrogens is 202 g/mol. The zero-order valence-electron chi connectivity index (χ0n) is 9.43. The zero-order valence-corrected chi connectivity index (χ0v) is 9.43. The van der Waals surface area contributed by atoms with Gasteiger partial charge in [-0.1, -0.05) is 18.2 Å². The molecule has 2 rings (SSSR count). The number of nitrogens with zero attached hydrogens (tertiary/aromatic N) is 2. The van der Waals surface area contributed by atoms with E-state index in [1.807, 2.05) is 22.9 Å². The molecule has 4 heteroatoms. The van der Waals surface area contributed by atoms with Gasteiger partial charge in [-0.05, 0) is 13.0 Å². The van der Waals surface area contributed by atoms with Crippen molar-refractivity contribution < 1.29 is 5.11 Å². The normalized spacial score (nSPS) is 13.2. The lowest BCUT2D eigenvalue weighted by Crippen LogP contribution is -2.27. The molecule has 0 saturated heterocycles. The van der Waals surface area contributed by atoms with E-state index in [0.29, 0.717) is 6.42 Å². The summed E-state index contributed by atoms with van der Waals surface area (Å²) < 4.78 is 1.97. The molecule has 0 radical (unpaired) electrons. The number of rotatable bonds is 4. The molecule has 0 aliphatic carbocycles. The van der Waals surface area contributed by atoms with Gasteiger partial charge in [0.05, 0.1) is 17.8 Å². The summed E-state index contributed by atoms with van der Waals surface area (Å²) >= 11 is 0. The quantitative estimate of drug-likeness (QED) is 0.803. The summed E-state index contributed by atoms with van der Waals surface area (Å²) in [7, 11) is 0. The molecule has 2 aromatic rings. The number of benzene rings is 1. The number of hydrogen-bond donors (Lipinski definition) is 2. The van der Waals surface area contributed by atoms with Crippen LogP contribution in [0.2, 0.25) is 0 Å². The van der Waals surface area contributed by atoms with Gasteiger partial charge in [0.25, 0.3) is 0 Å². The third kappa shape index (κ3) is 1.94. The topological polar surface area (TPSA) is 64.1 Å². The van der Waals surface area contributed by atoms with Gasteiger partial charge >= 0.3 is 0 Å². The van der Waals surface area contributed by atoms with Crippen LogP contribution in [0.1, 0.15) is 12.6 Å². The summed E-state index contributed by atoms with van der Waals surface area (Å²) in [4.78, 5) is 0. The van der Waals surface area contributed by atoms with Crippen LogP contribution in [0.5, 0.6) is 0 Å². The zero-order chi connectivity index (χ0) is 11.5. The van der Waals surface area contributed by atoms with E-state index in [0.717, 1.165) is 23.1 Å². The second-order valence-electron chi connectivity index (χ2n) is 3.93. The van der Waals surface area contributed by atoms with Gasteiger partial charge in [0.2, 0.25) is 0 Å². The number of para-hydroxylation sites is 1. The SMILES string of the molecule is CCn1nc(CC(N)CO)c2ccccc21. The van der Waals surface area contributed by atoms with Crippen LogP contribution >= 0.6 is 0 Å². The van der Waals surface area contributed by atoms with E-state index in [2.05, 4.69) is 18.1 Å². The van der Waals surface area contributed by atoms with Crippen LogP contribution in [-0.4, -0.2) is 27.5 Å². The van der Waals surface area contributed by atoms with Crippen molar-refractivity contribution in [2.24, 2.45) is 5.73 Å². The van der Waals surface area contributed by atoms with Gasteiger partial charge in [-0.25, -0.2) is 0 Å². The van der Waals surface area contributed by atoms with E-state index in [9.17, 15) is 0 Å². The number of fused-ring (bicyclic) bond motifs is 1. The third-order valence-corrected chi connectivity index (χ3v) is 2.72. The third-order valence-electron chi connectivity index (χ3n) is 2.72. The molecule has 0 fully saturated rings. The van der Waals surface area contributed by atoms with Gasteiger partial charge in [-0.2, -0.15) is 5.10 Å². The van der Waals surface area contributed by atoms with Crippen molar-refractivity contribution in [3.05, 3.63) is 30.0 Å². The summed E-state index contributed by atoms with van der Waals surface area (Å²) in [5.74, 6) is 0. The molecule has 0 spiro atoms. The summed E-state index contributed by atoms with van der Waals surface area (Å²) in [5, 5.41) is 14.6. The van der Waals surface area contributed by atoms with E-state index < -0.39 is 0 Å². The fraction of sp³-hybridized carbons (Fsp3) is 0.417. The summed E-state index contributed by atoms with van der Waals surface area (Å²) in [6.45, 7) is 2.90. The fourth-order valence-electron chi connectivity index (χ4n) is 1.90. The highest BCUT2D eigenvalue weighted by Gasteiger charge is 2.11. The second kappa shape index (κ2) is 4.63. The number of nitrogens with two attached hydrogens (primary N) is 1. The Morgan fingerprint density at radius 2 is 2.19 bits per heavy atom. The van der Waals surface area contributed by atoms with Crippen LogP contribution in [0.15, 0.2) is 24.3 Å². The Morgan fingerprint density at radius 1 is 1.44 bits per heavy atom. The summed E-state index contributed by atoms with van der Waals surface area (Å²) in [6, 6.07) is 7.88. The molecule has 0 aliphatic heterocycles. The maximum atomic E-state index is 8.97. The first-order valence-corrected chi connectivity index (χ1v) is 5.57. The Labute approximate surface area is 94.7 Å². The lowest BCUT2D eigenvalue weighted by Gasteiger charge is -2.04. The minimum Gasteiger partial charge on any atom is -0.395 e. The molecule has 0 bridgehead atoms. The predicted molar refractivity (Wildman–Crippen MR) is 64.2 cm³/mol. The summed E-state index contributed by atoms with van der Waals surface area (Å²) in [6.07, 6.45) is 0.615. The molecule has 1 aromatic carbocycles. The highest BCUT2D eigenvalue weighted by molar-refractivity contribution is 5.82. The molecule has 0 amide bonds. The van der Waals surface area contributed by atoms with E-state index in [1.54, 1.807) is 0 Å². The van der Waals surface area contributed by atoms with Gasteiger partial charge in [0.1, 0.15) is 0 Å². The van der Waals surface area contributed by atoms with Crippen LogP contribution in [0.3, 0.4) is 0 Å². The van der Waals surface area contributed by atoms with Gasteiger partial charge in [0, 0.05) is 24.4 Å².